The molecule has 0 heterocycles. The Hall–Kier alpha value is -1.82. The van der Waals surface area contributed by atoms with Crippen LogP contribution in [0.3, 0.4) is 0 Å². The molecular formula is C21H31NO2. The first-order valence-electron chi connectivity index (χ1n) is 9.05. The minimum atomic E-state index is -0.258. The summed E-state index contributed by atoms with van der Waals surface area (Å²) in [5.74, 6) is 1.03. The Bertz CT molecular complexity index is 597. The Balaban J connectivity index is 2.75. The topological polar surface area (TPSA) is 50.1 Å². The Labute approximate surface area is 147 Å². The van der Waals surface area contributed by atoms with Crippen LogP contribution in [-0.4, -0.2) is 12.4 Å². The Morgan fingerprint density at radius 1 is 1.21 bits per heavy atom. The van der Waals surface area contributed by atoms with Gasteiger partial charge in [-0.05, 0) is 76.1 Å². The molecule has 3 nitrogen and oxygen atoms in total. The van der Waals surface area contributed by atoms with Gasteiger partial charge in [-0.15, -0.1) is 0 Å². The number of hydrogen-bond acceptors (Lipinski definition) is 3. The van der Waals surface area contributed by atoms with Crippen molar-refractivity contribution in [2.75, 3.05) is 6.61 Å². The third kappa shape index (κ3) is 6.00. The highest BCUT2D eigenvalue weighted by Gasteiger charge is 2.16. The van der Waals surface area contributed by atoms with Crippen LogP contribution in [0.1, 0.15) is 81.8 Å². The zero-order valence-electron chi connectivity index (χ0n) is 15.9. The summed E-state index contributed by atoms with van der Waals surface area (Å²) in [5.41, 5.74) is 2.75. The monoisotopic (exact) mass is 329 g/mol. The van der Waals surface area contributed by atoms with Gasteiger partial charge in [-0.2, -0.15) is 5.26 Å². The van der Waals surface area contributed by atoms with E-state index < -0.39 is 0 Å². The van der Waals surface area contributed by atoms with Crippen molar-refractivity contribution in [3.05, 3.63) is 28.8 Å². The number of aryl methyl sites for hydroxylation is 2. The normalized spacial score (nSPS) is 11.2. The van der Waals surface area contributed by atoms with Gasteiger partial charge in [-0.25, -0.2) is 0 Å². The first kappa shape index (κ1) is 20.2. The zero-order chi connectivity index (χ0) is 18.2. The fraction of sp³-hybridized carbons (Fsp3) is 0.619. The van der Waals surface area contributed by atoms with Crippen LogP contribution in [0.5, 0.6) is 5.75 Å². The molecule has 0 atom stereocenters. The smallest absolute Gasteiger partial charge is 0.160 e. The van der Waals surface area contributed by atoms with Crippen LogP contribution in [0.4, 0.5) is 0 Å². The van der Waals surface area contributed by atoms with Crippen molar-refractivity contribution in [3.8, 4) is 11.8 Å². The van der Waals surface area contributed by atoms with E-state index in [-0.39, 0.29) is 11.2 Å². The van der Waals surface area contributed by atoms with Crippen molar-refractivity contribution in [1.82, 2.24) is 0 Å². The number of rotatable bonds is 10. The summed E-state index contributed by atoms with van der Waals surface area (Å²) in [6, 6.07) is 6.39. The fourth-order valence-corrected chi connectivity index (χ4v) is 2.79. The van der Waals surface area contributed by atoms with Crippen molar-refractivity contribution in [3.63, 3.8) is 0 Å². The minimum absolute atomic E-state index is 0.124. The molecule has 0 aromatic heterocycles. The molecule has 0 radical (unpaired) electrons. The average Bonchev–Trinajstić information content (AvgIpc) is 2.54. The number of nitriles is 1. The van der Waals surface area contributed by atoms with E-state index in [1.807, 2.05) is 19.9 Å². The minimum Gasteiger partial charge on any atom is -0.493 e. The molecule has 0 fully saturated rings. The van der Waals surface area contributed by atoms with Gasteiger partial charge in [0.25, 0.3) is 0 Å². The van der Waals surface area contributed by atoms with E-state index in [9.17, 15) is 4.79 Å². The van der Waals surface area contributed by atoms with Crippen LogP contribution < -0.4 is 4.74 Å². The van der Waals surface area contributed by atoms with Crippen LogP contribution in [0.2, 0.25) is 0 Å². The largest absolute Gasteiger partial charge is 0.493 e. The van der Waals surface area contributed by atoms with E-state index in [1.165, 1.54) is 0 Å². The van der Waals surface area contributed by atoms with Gasteiger partial charge in [0, 0.05) is 5.56 Å². The number of Topliss-reactive ketones (excluding diaryl/α,β-unsaturated/α-hetero) is 1. The SMILES string of the molecule is CCCc1cc(OCCCCC(C)(C)C#N)c(CC)cc1C(C)=O. The lowest BCUT2D eigenvalue weighted by Crippen LogP contribution is -2.09. The highest BCUT2D eigenvalue weighted by molar-refractivity contribution is 5.96. The lowest BCUT2D eigenvalue weighted by atomic mass is 9.89. The highest BCUT2D eigenvalue weighted by Crippen LogP contribution is 2.27. The van der Waals surface area contributed by atoms with Crippen LogP contribution in [0.25, 0.3) is 0 Å². The van der Waals surface area contributed by atoms with E-state index in [1.54, 1.807) is 6.92 Å². The molecule has 3 heteroatoms. The molecule has 1 rings (SSSR count). The lowest BCUT2D eigenvalue weighted by molar-refractivity contribution is 0.101. The fourth-order valence-electron chi connectivity index (χ4n) is 2.79. The van der Waals surface area contributed by atoms with Crippen molar-refractivity contribution >= 4 is 5.78 Å². The second-order valence-corrected chi connectivity index (χ2v) is 7.08. The second-order valence-electron chi connectivity index (χ2n) is 7.08. The van der Waals surface area contributed by atoms with E-state index in [0.29, 0.717) is 6.61 Å². The Morgan fingerprint density at radius 3 is 2.46 bits per heavy atom. The molecule has 0 bridgehead atoms. The maximum atomic E-state index is 11.9. The van der Waals surface area contributed by atoms with Crippen LogP contribution in [-0.2, 0) is 12.8 Å². The maximum Gasteiger partial charge on any atom is 0.160 e. The molecule has 0 aliphatic heterocycles. The summed E-state index contributed by atoms with van der Waals surface area (Å²) < 4.78 is 6.00. The van der Waals surface area contributed by atoms with Gasteiger partial charge < -0.3 is 4.74 Å². The molecule has 0 aliphatic rings. The van der Waals surface area contributed by atoms with Gasteiger partial charge in [0.15, 0.2) is 5.78 Å². The molecule has 0 saturated carbocycles. The Morgan fingerprint density at radius 2 is 1.92 bits per heavy atom. The number of ketones is 1. The molecule has 1 aromatic carbocycles. The second kappa shape index (κ2) is 9.47. The summed E-state index contributed by atoms with van der Waals surface area (Å²) in [6.07, 6.45) is 5.56. The van der Waals surface area contributed by atoms with Crippen molar-refractivity contribution in [2.45, 2.75) is 73.1 Å². The van der Waals surface area contributed by atoms with Crippen LogP contribution in [0.15, 0.2) is 12.1 Å². The summed E-state index contributed by atoms with van der Waals surface area (Å²) in [4.78, 5) is 11.9. The molecule has 0 amide bonds. The van der Waals surface area contributed by atoms with Crippen LogP contribution >= 0.6 is 0 Å². The van der Waals surface area contributed by atoms with Crippen molar-refractivity contribution < 1.29 is 9.53 Å². The summed E-state index contributed by atoms with van der Waals surface area (Å²) in [5, 5.41) is 9.04. The summed E-state index contributed by atoms with van der Waals surface area (Å²) >= 11 is 0. The standard InChI is InChI=1S/C21H31NO2/c1-6-10-18-14-20(17(7-2)13-19(18)16(3)23)24-12-9-8-11-21(4,5)15-22/h13-14H,6-12H2,1-5H3. The third-order valence-corrected chi connectivity index (χ3v) is 4.32. The van der Waals surface area contributed by atoms with Gasteiger partial charge in [-0.1, -0.05) is 20.3 Å². The van der Waals surface area contributed by atoms with E-state index in [4.69, 9.17) is 10.00 Å². The highest BCUT2D eigenvalue weighted by atomic mass is 16.5. The molecular weight excluding hydrogens is 298 g/mol. The van der Waals surface area contributed by atoms with Crippen molar-refractivity contribution in [2.24, 2.45) is 5.41 Å². The molecule has 132 valence electrons. The van der Waals surface area contributed by atoms with Gasteiger partial charge in [0.1, 0.15) is 5.75 Å². The lowest BCUT2D eigenvalue weighted by Gasteiger charge is -2.17. The number of carbonyl (C=O) groups is 1. The van der Waals surface area contributed by atoms with E-state index >= 15 is 0 Å². The summed E-state index contributed by atoms with van der Waals surface area (Å²) in [6.45, 7) is 10.4. The molecule has 0 aliphatic carbocycles. The average molecular weight is 329 g/mol. The van der Waals surface area contributed by atoms with Gasteiger partial charge >= 0.3 is 0 Å². The van der Waals surface area contributed by atoms with Crippen LogP contribution in [0, 0.1) is 16.7 Å². The molecule has 0 saturated heterocycles. The first-order valence-corrected chi connectivity index (χ1v) is 9.05. The molecule has 0 spiro atoms. The number of carbonyl (C=O) groups excluding carboxylic acids is 1. The quantitative estimate of drug-likeness (QED) is 0.420. The molecule has 1 aromatic rings. The maximum absolute atomic E-state index is 11.9. The molecule has 0 unspecified atom stereocenters. The van der Waals surface area contributed by atoms with Gasteiger partial charge in [-0.3, -0.25) is 4.79 Å². The van der Waals surface area contributed by atoms with Gasteiger partial charge in [0.05, 0.1) is 18.1 Å². The molecule has 0 N–H and O–H groups in total. The molecule has 24 heavy (non-hydrogen) atoms. The van der Waals surface area contributed by atoms with E-state index in [0.717, 1.165) is 61.0 Å². The number of unbranched alkanes of at least 4 members (excludes halogenated alkanes) is 1. The third-order valence-electron chi connectivity index (χ3n) is 4.32. The zero-order valence-corrected chi connectivity index (χ0v) is 15.9. The number of nitrogens with zero attached hydrogens (tertiary/aromatic N) is 1. The summed E-state index contributed by atoms with van der Waals surface area (Å²) in [7, 11) is 0. The predicted octanol–water partition coefficient (Wildman–Crippen LogP) is 5.50. The Kier molecular flexibility index (Phi) is 7.98. The van der Waals surface area contributed by atoms with E-state index in [2.05, 4.69) is 26.0 Å². The number of hydrogen-bond donors (Lipinski definition) is 0. The van der Waals surface area contributed by atoms with Gasteiger partial charge in [0.2, 0.25) is 0 Å². The van der Waals surface area contributed by atoms with Crippen molar-refractivity contribution in [1.29, 1.82) is 5.26 Å². The first-order chi connectivity index (χ1) is 11.3. The number of ether oxygens (including phenoxy) is 1. The number of benzene rings is 1. The predicted molar refractivity (Wildman–Crippen MR) is 98.6 cm³/mol.